The summed E-state index contributed by atoms with van der Waals surface area (Å²) in [5, 5.41) is 5.84. The molecule has 0 aromatic carbocycles. The maximum absolute atomic E-state index is 12.2. The summed E-state index contributed by atoms with van der Waals surface area (Å²) in [6, 6.07) is 0.503. The van der Waals surface area contributed by atoms with Gasteiger partial charge in [0.1, 0.15) is 44.5 Å². The van der Waals surface area contributed by atoms with E-state index < -0.39 is 11.2 Å². The lowest BCUT2D eigenvalue weighted by Crippen LogP contribution is -2.44. The van der Waals surface area contributed by atoms with Gasteiger partial charge in [0.05, 0.1) is 19.4 Å². The van der Waals surface area contributed by atoms with Crippen molar-refractivity contribution in [2.24, 2.45) is 5.73 Å². The number of rotatable bonds is 2. The molecule has 17 heteroatoms. The third kappa shape index (κ3) is 11.6. The molecule has 0 bridgehead atoms. The van der Waals surface area contributed by atoms with Crippen molar-refractivity contribution in [2.75, 3.05) is 31.5 Å². The molecule has 0 aliphatic carbocycles. The Labute approximate surface area is 322 Å². The number of nitrogens with two attached hydrogens (primary N) is 1. The number of likely N-dealkylation sites (tertiary alicyclic amines) is 2. The van der Waals surface area contributed by atoms with Crippen LogP contribution >= 0.6 is 57.5 Å². The maximum atomic E-state index is 12.2. The molecule has 2 saturated heterocycles. The van der Waals surface area contributed by atoms with E-state index in [1.165, 1.54) is 29.0 Å². The second-order valence-electron chi connectivity index (χ2n) is 14.4. The Kier molecular flexibility index (Phi) is 14.0. The summed E-state index contributed by atoms with van der Waals surface area (Å²) in [7, 11) is 0. The zero-order valence-corrected chi connectivity index (χ0v) is 34.2. The van der Waals surface area contributed by atoms with Crippen LogP contribution in [0.5, 0.6) is 0 Å². The molecule has 3 N–H and O–H groups in total. The van der Waals surface area contributed by atoms with Gasteiger partial charge in [-0.25, -0.2) is 29.5 Å². The average molecular weight is 802 g/mol. The summed E-state index contributed by atoms with van der Waals surface area (Å²) in [4.78, 5) is 45.6. The first-order valence-electron chi connectivity index (χ1n) is 16.8. The number of nitrogens with one attached hydrogen (secondary N) is 1. The molecule has 2 fully saturated rings. The predicted molar refractivity (Wildman–Crippen MR) is 209 cm³/mol. The molecule has 0 spiro atoms. The Hall–Kier alpha value is -2.75. The smallest absolute Gasteiger partial charge is 0.410 e. The summed E-state index contributed by atoms with van der Waals surface area (Å²) in [6.45, 7) is 18.0. The summed E-state index contributed by atoms with van der Waals surface area (Å²) in [5.41, 5.74) is 6.85. The van der Waals surface area contributed by atoms with Crippen molar-refractivity contribution < 1.29 is 19.1 Å². The van der Waals surface area contributed by atoms with Crippen LogP contribution in [0.25, 0.3) is 20.4 Å². The number of aromatic nitrogens is 4. The van der Waals surface area contributed by atoms with E-state index in [1.54, 1.807) is 16.1 Å². The van der Waals surface area contributed by atoms with Crippen LogP contribution in [0.4, 0.5) is 15.4 Å². The zero-order chi connectivity index (χ0) is 37.7. The SMILES string of the molecule is CC(C)(C)OC(=O)N1CCC(N)CC1.Cc1c(Cl)sc2ncnc(Cl)c12.Cc1c(Cl)sc2ncnc(NC3CCN(C(=O)OC(C)(C)C)CC3)c12. The molecule has 0 atom stereocenters. The number of aryl methyl sites for hydroxylation is 2. The molecule has 51 heavy (non-hydrogen) atoms. The van der Waals surface area contributed by atoms with Crippen LogP contribution in [-0.2, 0) is 9.47 Å². The Morgan fingerprint density at radius 3 is 1.65 bits per heavy atom. The molecule has 280 valence electrons. The van der Waals surface area contributed by atoms with E-state index in [4.69, 9.17) is 50.0 Å². The van der Waals surface area contributed by atoms with Gasteiger partial charge in [-0.2, -0.15) is 0 Å². The van der Waals surface area contributed by atoms with E-state index in [-0.39, 0.29) is 24.3 Å². The highest BCUT2D eigenvalue weighted by atomic mass is 35.5. The third-order valence-electron chi connectivity index (χ3n) is 7.97. The number of carbonyl (C=O) groups excluding carboxylic acids is 2. The van der Waals surface area contributed by atoms with Gasteiger partial charge in [-0.05, 0) is 92.2 Å². The average Bonchev–Trinajstić information content (AvgIpc) is 3.50. The molecule has 2 amide bonds. The number of hydrogen-bond donors (Lipinski definition) is 2. The van der Waals surface area contributed by atoms with E-state index in [0.29, 0.717) is 18.2 Å². The van der Waals surface area contributed by atoms with Crippen LogP contribution in [-0.4, -0.2) is 91.4 Å². The molecule has 0 saturated carbocycles. The molecule has 2 aliphatic rings. The molecule has 4 aromatic heterocycles. The molecular weight excluding hydrogens is 755 g/mol. The van der Waals surface area contributed by atoms with Crippen LogP contribution in [0.2, 0.25) is 13.8 Å². The van der Waals surface area contributed by atoms with Gasteiger partial charge < -0.3 is 30.3 Å². The minimum absolute atomic E-state index is 0.218. The van der Waals surface area contributed by atoms with Crippen molar-refractivity contribution in [1.82, 2.24) is 29.7 Å². The summed E-state index contributed by atoms with van der Waals surface area (Å²) < 4.78 is 12.2. The quantitative estimate of drug-likeness (QED) is 0.188. The number of carbonyl (C=O) groups is 2. The van der Waals surface area contributed by atoms with Gasteiger partial charge in [-0.3, -0.25) is 0 Å². The fraction of sp³-hybridized carbons (Fsp3) is 0.588. The lowest BCUT2D eigenvalue weighted by molar-refractivity contribution is 0.0197. The first kappa shape index (κ1) is 41.0. The van der Waals surface area contributed by atoms with Crippen LogP contribution < -0.4 is 11.1 Å². The van der Waals surface area contributed by atoms with Crippen molar-refractivity contribution in [2.45, 2.75) is 104 Å². The van der Waals surface area contributed by atoms with Gasteiger partial charge in [-0.15, -0.1) is 22.7 Å². The van der Waals surface area contributed by atoms with Crippen molar-refractivity contribution >= 4 is 95.9 Å². The van der Waals surface area contributed by atoms with Crippen molar-refractivity contribution in [3.63, 3.8) is 0 Å². The fourth-order valence-corrected chi connectivity index (χ4v) is 8.00. The van der Waals surface area contributed by atoms with Crippen LogP contribution in [0.15, 0.2) is 12.7 Å². The molecule has 2 aliphatic heterocycles. The molecule has 12 nitrogen and oxygen atoms in total. The van der Waals surface area contributed by atoms with Gasteiger partial charge in [-0.1, -0.05) is 34.8 Å². The Morgan fingerprint density at radius 1 is 0.745 bits per heavy atom. The Morgan fingerprint density at radius 2 is 1.18 bits per heavy atom. The summed E-state index contributed by atoms with van der Waals surface area (Å²) in [6.07, 6.45) is 5.99. The molecule has 6 rings (SSSR count). The van der Waals surface area contributed by atoms with E-state index in [0.717, 1.165) is 84.8 Å². The molecule has 0 unspecified atom stereocenters. The molecule has 0 radical (unpaired) electrons. The third-order valence-corrected chi connectivity index (χ3v) is 11.3. The number of fused-ring (bicyclic) bond motifs is 2. The number of nitrogens with zero attached hydrogens (tertiary/aromatic N) is 6. The number of halogens is 3. The number of anilines is 1. The number of thiophene rings is 2. The largest absolute Gasteiger partial charge is 0.444 e. The number of hydrogen-bond acceptors (Lipinski definition) is 12. The number of ether oxygens (including phenoxy) is 2. The van der Waals surface area contributed by atoms with Crippen molar-refractivity contribution in [3.05, 3.63) is 37.6 Å². The molecular formula is C34H47Cl3N8O4S2. The van der Waals surface area contributed by atoms with Crippen LogP contribution in [0.3, 0.4) is 0 Å². The first-order chi connectivity index (χ1) is 23.8. The van der Waals surface area contributed by atoms with Crippen molar-refractivity contribution in [3.8, 4) is 0 Å². The number of piperidine rings is 2. The minimum Gasteiger partial charge on any atom is -0.444 e. The van der Waals surface area contributed by atoms with Gasteiger partial charge in [0.15, 0.2) is 0 Å². The van der Waals surface area contributed by atoms with E-state index >= 15 is 0 Å². The predicted octanol–water partition coefficient (Wildman–Crippen LogP) is 9.12. The second-order valence-corrected chi connectivity index (χ2v) is 18.0. The maximum Gasteiger partial charge on any atom is 0.410 e. The highest BCUT2D eigenvalue weighted by Crippen LogP contribution is 2.37. The summed E-state index contributed by atoms with van der Waals surface area (Å²) in [5.74, 6) is 0.821. The van der Waals surface area contributed by atoms with Crippen LogP contribution in [0.1, 0.15) is 78.4 Å². The van der Waals surface area contributed by atoms with E-state index in [1.807, 2.05) is 55.4 Å². The highest BCUT2D eigenvalue weighted by molar-refractivity contribution is 7.23. The van der Waals surface area contributed by atoms with Gasteiger partial charge >= 0.3 is 12.2 Å². The standard InChI is InChI=1S/C17H23ClN4O2S.C10H20N2O2.C7H4Cl2N2S/c1-10-12-14(19-9-20-15(12)25-13(10)18)21-11-5-7-22(8-6-11)16(23)24-17(2,3)4;1-10(2,3)14-9(13)12-6-4-8(11)5-7-12;1-3-4-5(8)10-2-11-7(4)12-6(3)9/h9,11H,5-8H2,1-4H3,(H,19,20,21);8H,4-7,11H2,1-3H3;2H,1H3. The molecule has 4 aromatic rings. The molecule has 6 heterocycles. The number of amides is 2. The van der Waals surface area contributed by atoms with E-state index in [9.17, 15) is 9.59 Å². The Bertz CT molecular complexity index is 1810. The monoisotopic (exact) mass is 800 g/mol. The van der Waals surface area contributed by atoms with Gasteiger partial charge in [0.25, 0.3) is 0 Å². The van der Waals surface area contributed by atoms with Gasteiger partial charge in [0.2, 0.25) is 0 Å². The van der Waals surface area contributed by atoms with Crippen molar-refractivity contribution in [1.29, 1.82) is 0 Å². The lowest BCUT2D eigenvalue weighted by Gasteiger charge is -2.34. The second kappa shape index (κ2) is 17.4. The topological polar surface area (TPSA) is 149 Å². The van der Waals surface area contributed by atoms with Crippen LogP contribution in [0, 0.1) is 13.8 Å². The van der Waals surface area contributed by atoms with Gasteiger partial charge in [0, 0.05) is 38.3 Å². The zero-order valence-electron chi connectivity index (χ0n) is 30.3. The highest BCUT2D eigenvalue weighted by Gasteiger charge is 2.28. The van der Waals surface area contributed by atoms with E-state index in [2.05, 4.69) is 25.3 Å². The minimum atomic E-state index is -0.464. The normalized spacial score (nSPS) is 15.9. The summed E-state index contributed by atoms with van der Waals surface area (Å²) >= 11 is 20.9. The first-order valence-corrected chi connectivity index (χ1v) is 19.5. The lowest BCUT2D eigenvalue weighted by atomic mass is 10.1. The Balaban J connectivity index is 0.000000189. The fourth-order valence-electron chi connectivity index (χ4n) is 5.29.